The Hall–Kier alpha value is -1.77. The quantitative estimate of drug-likeness (QED) is 0.637. The lowest BCUT2D eigenvalue weighted by Gasteiger charge is -2.24. The van der Waals surface area contributed by atoms with Crippen molar-refractivity contribution >= 4 is 44.5 Å². The van der Waals surface area contributed by atoms with Crippen LogP contribution in [0.15, 0.2) is 28.5 Å². The number of aromatic hydroxyl groups is 1. The number of halogens is 1. The maximum atomic E-state index is 12.5. The molecule has 9 heteroatoms. The number of phenolic OH excluding ortho intramolecular Hbond substituents is 1. The molecule has 1 unspecified atom stereocenters. The van der Waals surface area contributed by atoms with Crippen molar-refractivity contribution < 1.29 is 18.3 Å². The first kappa shape index (κ1) is 18.6. The van der Waals surface area contributed by atoms with E-state index in [9.17, 15) is 18.3 Å². The zero-order valence-electron chi connectivity index (χ0n) is 14.4. The fourth-order valence-corrected chi connectivity index (χ4v) is 6.69. The van der Waals surface area contributed by atoms with E-state index in [-0.39, 0.29) is 21.6 Å². The molecule has 0 aliphatic heterocycles. The van der Waals surface area contributed by atoms with Gasteiger partial charge in [0.2, 0.25) is 0 Å². The molecule has 1 aromatic carbocycles. The molecule has 2 aromatic rings. The fourth-order valence-electron chi connectivity index (χ4n) is 3.42. The second-order valence-corrected chi connectivity index (χ2v) is 10.4. The number of phenols is 1. The summed E-state index contributed by atoms with van der Waals surface area (Å²) in [5.74, 6) is -0.510. The number of sulfone groups is 1. The van der Waals surface area contributed by atoms with Gasteiger partial charge in [-0.1, -0.05) is 11.6 Å². The third kappa shape index (κ3) is 3.53. The highest BCUT2D eigenvalue weighted by Crippen LogP contribution is 2.43. The summed E-state index contributed by atoms with van der Waals surface area (Å²) >= 11 is 7.71. The largest absolute Gasteiger partial charge is 0.504 e. The second kappa shape index (κ2) is 7.00. The summed E-state index contributed by atoms with van der Waals surface area (Å²) in [5.41, 5.74) is 1.15. The van der Waals surface area contributed by atoms with E-state index in [2.05, 4.69) is 10.6 Å². The van der Waals surface area contributed by atoms with Crippen LogP contribution in [-0.2, 0) is 16.3 Å². The summed E-state index contributed by atoms with van der Waals surface area (Å²) in [6.45, 7) is 0. The molecular weight excluding hydrogens is 408 g/mol. The number of urea groups is 1. The van der Waals surface area contributed by atoms with Gasteiger partial charge in [-0.25, -0.2) is 13.2 Å². The zero-order chi connectivity index (χ0) is 19.2. The van der Waals surface area contributed by atoms with Crippen molar-refractivity contribution in [3.05, 3.63) is 39.0 Å². The van der Waals surface area contributed by atoms with Gasteiger partial charge in [0.15, 0.2) is 15.6 Å². The van der Waals surface area contributed by atoms with Crippen LogP contribution in [0.2, 0.25) is 5.02 Å². The van der Waals surface area contributed by atoms with Crippen LogP contribution in [-0.4, -0.2) is 24.8 Å². The molecular formula is C18H19ClN2O4S2. The molecule has 0 spiro atoms. The van der Waals surface area contributed by atoms with Gasteiger partial charge >= 0.3 is 6.03 Å². The first-order chi connectivity index (χ1) is 12.9. The molecule has 144 valence electrons. The van der Waals surface area contributed by atoms with E-state index in [0.29, 0.717) is 12.8 Å². The summed E-state index contributed by atoms with van der Waals surface area (Å²) in [7, 11) is -3.70. The number of hydrogen-bond donors (Lipinski definition) is 3. The van der Waals surface area contributed by atoms with Crippen LogP contribution in [0.5, 0.6) is 5.75 Å². The standard InChI is InChI=1S/C18H19ClN2O4S2/c19-12-6-7-14(16(22)17(12)27(24,25)10-4-5-10)21-18(23)20-13-2-1-3-15-11(13)8-9-26-15/h6-10,13,22H,1-5H2,(H2,20,21,23). The van der Waals surface area contributed by atoms with Crippen molar-refractivity contribution in [3.8, 4) is 5.75 Å². The monoisotopic (exact) mass is 426 g/mol. The van der Waals surface area contributed by atoms with Crippen LogP contribution in [0, 0.1) is 0 Å². The van der Waals surface area contributed by atoms with Crippen molar-refractivity contribution in [1.29, 1.82) is 0 Å². The van der Waals surface area contributed by atoms with E-state index in [1.165, 1.54) is 17.0 Å². The molecule has 4 rings (SSSR count). The van der Waals surface area contributed by atoms with Crippen LogP contribution in [0.4, 0.5) is 10.5 Å². The van der Waals surface area contributed by atoms with E-state index < -0.39 is 26.9 Å². The van der Waals surface area contributed by atoms with Gasteiger partial charge in [-0.15, -0.1) is 11.3 Å². The lowest BCUT2D eigenvalue weighted by molar-refractivity contribution is 0.247. The Morgan fingerprint density at radius 3 is 2.74 bits per heavy atom. The van der Waals surface area contributed by atoms with Crippen LogP contribution in [0.25, 0.3) is 0 Å². The molecule has 1 fully saturated rings. The number of fused-ring (bicyclic) bond motifs is 1. The maximum Gasteiger partial charge on any atom is 0.319 e. The number of amides is 2. The number of anilines is 1. The average molecular weight is 427 g/mol. The summed E-state index contributed by atoms with van der Waals surface area (Å²) in [6, 6.07) is 4.21. The molecule has 0 saturated heterocycles. The number of nitrogens with one attached hydrogen (secondary N) is 2. The Morgan fingerprint density at radius 1 is 1.22 bits per heavy atom. The SMILES string of the molecule is O=C(Nc1ccc(Cl)c(S(=O)(=O)C2CC2)c1O)NC1CCCc2sccc21. The normalized spacial score (nSPS) is 19.4. The van der Waals surface area contributed by atoms with E-state index in [1.54, 1.807) is 11.3 Å². The topological polar surface area (TPSA) is 95.5 Å². The first-order valence-corrected chi connectivity index (χ1v) is 11.6. The molecule has 1 aromatic heterocycles. The van der Waals surface area contributed by atoms with Gasteiger partial charge in [0.05, 0.1) is 22.0 Å². The summed E-state index contributed by atoms with van der Waals surface area (Å²) in [5, 5.41) is 17.4. The van der Waals surface area contributed by atoms with Crippen molar-refractivity contribution in [1.82, 2.24) is 5.32 Å². The summed E-state index contributed by atoms with van der Waals surface area (Å²) < 4.78 is 25.1. The predicted molar refractivity (Wildman–Crippen MR) is 105 cm³/mol. The molecule has 1 saturated carbocycles. The van der Waals surface area contributed by atoms with Crippen molar-refractivity contribution in [2.24, 2.45) is 0 Å². The highest BCUT2D eigenvalue weighted by atomic mass is 35.5. The molecule has 2 aliphatic carbocycles. The first-order valence-electron chi connectivity index (χ1n) is 8.77. The number of hydrogen-bond acceptors (Lipinski definition) is 5. The Labute approximate surface area is 166 Å². The van der Waals surface area contributed by atoms with Crippen molar-refractivity contribution in [2.75, 3.05) is 5.32 Å². The Bertz CT molecular complexity index is 999. The molecule has 1 heterocycles. The number of benzene rings is 1. The van der Waals surface area contributed by atoms with Gasteiger partial charge in [-0.05, 0) is 61.2 Å². The smallest absolute Gasteiger partial charge is 0.319 e. The van der Waals surface area contributed by atoms with Gasteiger partial charge < -0.3 is 15.7 Å². The molecule has 6 nitrogen and oxygen atoms in total. The molecule has 0 radical (unpaired) electrons. The Kier molecular flexibility index (Phi) is 4.82. The Morgan fingerprint density at radius 2 is 2.00 bits per heavy atom. The average Bonchev–Trinajstić information content (AvgIpc) is 3.36. The lowest BCUT2D eigenvalue weighted by Crippen LogP contribution is -2.34. The number of aryl methyl sites for hydroxylation is 1. The van der Waals surface area contributed by atoms with Crippen LogP contribution >= 0.6 is 22.9 Å². The number of carbonyl (C=O) groups is 1. The molecule has 0 bridgehead atoms. The molecule has 1 atom stereocenters. The van der Waals surface area contributed by atoms with E-state index in [1.807, 2.05) is 11.4 Å². The van der Waals surface area contributed by atoms with Crippen molar-refractivity contribution in [3.63, 3.8) is 0 Å². The highest BCUT2D eigenvalue weighted by Gasteiger charge is 2.40. The van der Waals surface area contributed by atoms with E-state index in [4.69, 9.17) is 11.6 Å². The van der Waals surface area contributed by atoms with Crippen LogP contribution in [0.1, 0.15) is 42.2 Å². The minimum absolute atomic E-state index is 0.0254. The minimum Gasteiger partial charge on any atom is -0.504 e. The van der Waals surface area contributed by atoms with Gasteiger partial charge in [0.1, 0.15) is 4.90 Å². The number of thiophene rings is 1. The minimum atomic E-state index is -3.70. The fraction of sp³-hybridized carbons (Fsp3) is 0.389. The lowest BCUT2D eigenvalue weighted by atomic mass is 9.94. The molecule has 27 heavy (non-hydrogen) atoms. The zero-order valence-corrected chi connectivity index (χ0v) is 16.8. The van der Waals surface area contributed by atoms with E-state index >= 15 is 0 Å². The molecule has 2 aliphatic rings. The van der Waals surface area contributed by atoms with Crippen LogP contribution in [0.3, 0.4) is 0 Å². The van der Waals surface area contributed by atoms with Gasteiger partial charge in [-0.3, -0.25) is 0 Å². The number of rotatable bonds is 4. The number of carbonyl (C=O) groups excluding carboxylic acids is 1. The van der Waals surface area contributed by atoms with Gasteiger partial charge in [0.25, 0.3) is 0 Å². The second-order valence-electron chi connectivity index (χ2n) is 6.86. The van der Waals surface area contributed by atoms with Gasteiger partial charge in [-0.2, -0.15) is 0 Å². The molecule has 3 N–H and O–H groups in total. The van der Waals surface area contributed by atoms with Crippen LogP contribution < -0.4 is 10.6 Å². The van der Waals surface area contributed by atoms with E-state index in [0.717, 1.165) is 24.8 Å². The summed E-state index contributed by atoms with van der Waals surface area (Å²) in [4.78, 5) is 13.4. The third-order valence-electron chi connectivity index (χ3n) is 4.94. The van der Waals surface area contributed by atoms with Crippen molar-refractivity contribution in [2.45, 2.75) is 48.3 Å². The maximum absolute atomic E-state index is 12.5. The molecule has 2 amide bonds. The Balaban J connectivity index is 1.54. The third-order valence-corrected chi connectivity index (χ3v) is 8.69. The summed E-state index contributed by atoms with van der Waals surface area (Å²) in [6.07, 6.45) is 3.97. The van der Waals surface area contributed by atoms with Gasteiger partial charge in [0, 0.05) is 4.88 Å². The highest BCUT2D eigenvalue weighted by molar-refractivity contribution is 7.92. The predicted octanol–water partition coefficient (Wildman–Crippen LogP) is 4.24.